The second-order valence-electron chi connectivity index (χ2n) is 15.1. The number of carboxylic acids is 2. The third-order valence-corrected chi connectivity index (χ3v) is 13.6. The second-order valence-corrected chi connectivity index (χ2v) is 19.5. The highest BCUT2D eigenvalue weighted by Crippen LogP contribution is 2.24. The Morgan fingerprint density at radius 3 is 1.18 bits per heavy atom. The molecule has 2 heterocycles. The van der Waals surface area contributed by atoms with Gasteiger partial charge in [-0.15, -0.1) is 0 Å². The second kappa shape index (κ2) is 29.6. The van der Waals surface area contributed by atoms with Gasteiger partial charge < -0.3 is 63.0 Å². The van der Waals surface area contributed by atoms with Crippen LogP contribution in [0.1, 0.15) is 21.0 Å². The molecule has 0 aliphatic rings. The van der Waals surface area contributed by atoms with Crippen molar-refractivity contribution in [1.29, 1.82) is 0 Å². The summed E-state index contributed by atoms with van der Waals surface area (Å²) in [5, 5.41) is 59.3. The van der Waals surface area contributed by atoms with Gasteiger partial charge >= 0.3 is 11.9 Å². The molecule has 4 aromatic rings. The van der Waals surface area contributed by atoms with E-state index in [2.05, 4.69) is 52.5 Å². The number of carboxylic acid groups (broad SMARTS) is 2. The lowest BCUT2D eigenvalue weighted by molar-refractivity contribution is -0.141. The van der Waals surface area contributed by atoms with Crippen molar-refractivity contribution in [2.24, 2.45) is 0 Å². The maximum atomic E-state index is 13.5. The number of fused-ring (bicyclic) bond motifs is 2. The summed E-state index contributed by atoms with van der Waals surface area (Å²) in [6, 6.07) is 11.3. The highest BCUT2D eigenvalue weighted by Gasteiger charge is 2.31. The number of pyridine rings is 2. The quantitative estimate of drug-likeness (QED) is 0.0209. The fraction of sp³-hybridized carbons (Fsp3) is 0.364. The Morgan fingerprint density at radius 2 is 0.833 bits per heavy atom. The Hall–Kier alpha value is -6.72. The molecule has 0 saturated carbocycles. The van der Waals surface area contributed by atoms with E-state index in [0.717, 1.165) is 55.9 Å². The number of hydrogen-bond acceptors (Lipinski definition) is 18. The molecule has 0 aliphatic heterocycles. The number of benzene rings is 2. The summed E-state index contributed by atoms with van der Waals surface area (Å²) in [5.74, 6) is -10.8. The number of aliphatic hydroxyl groups is 2. The predicted molar refractivity (Wildman–Crippen MR) is 271 cm³/mol. The third-order valence-electron chi connectivity index (χ3n) is 9.87. The van der Waals surface area contributed by atoms with Gasteiger partial charge in [0.1, 0.15) is 47.6 Å². The first-order valence-corrected chi connectivity index (χ1v) is 26.7. The van der Waals surface area contributed by atoms with Crippen LogP contribution in [0.25, 0.3) is 21.8 Å². The first kappa shape index (κ1) is 57.9. The van der Waals surface area contributed by atoms with Crippen molar-refractivity contribution in [2.75, 3.05) is 61.8 Å². The van der Waals surface area contributed by atoms with Gasteiger partial charge in [-0.3, -0.25) is 38.4 Å². The van der Waals surface area contributed by atoms with Crippen LogP contribution in [0.15, 0.2) is 72.8 Å². The highest BCUT2D eigenvalue weighted by atomic mass is 33.1. The molecule has 2 aromatic heterocycles. The standard InChI is InChI=1S/C44H52N10O14S4/c1-69-19-33(43(65)66)53-41(63)31(49-35(57)15-45-37(59)29(17-55)51-39(61)27-13-11-23-7-3-5-9-25(23)47-27)21-71-72-22-32(42(64)54-34(20-70-2)44(67)68)50-36(58)16-46-38(60)30(18-56)52-40(62)28-14-12-24-8-4-6-10-26(24)48-28/h3-14,29-34,55-56H,15-22H2,1-2H3,(H,45,59)(H,46,60)(H,49,57)(H,50,58)(H,51,61)(H,52,62)(H,53,63)(H,54,64)(H,65,66)(H,67,68)/t29-,30-,31+,32+,33+,34+/m0/s1. The summed E-state index contributed by atoms with van der Waals surface area (Å²) in [7, 11) is 1.75. The van der Waals surface area contributed by atoms with Crippen molar-refractivity contribution in [3.8, 4) is 0 Å². The van der Waals surface area contributed by atoms with E-state index in [-0.39, 0.29) is 34.4 Å². The van der Waals surface area contributed by atoms with E-state index in [9.17, 15) is 68.4 Å². The number of para-hydroxylation sites is 2. The van der Waals surface area contributed by atoms with Crippen LogP contribution in [0, 0.1) is 0 Å². The molecular formula is C44H52N10O14S4. The molecule has 12 N–H and O–H groups in total. The molecule has 2 aromatic carbocycles. The predicted octanol–water partition coefficient (Wildman–Crippen LogP) is -1.89. The van der Waals surface area contributed by atoms with Crippen molar-refractivity contribution < 1.29 is 68.4 Å². The minimum Gasteiger partial charge on any atom is -0.480 e. The van der Waals surface area contributed by atoms with Crippen molar-refractivity contribution in [3.05, 3.63) is 84.2 Å². The molecule has 0 spiro atoms. The summed E-state index contributed by atoms with van der Waals surface area (Å²) in [6.45, 7) is -3.27. The zero-order valence-electron chi connectivity index (χ0n) is 38.4. The number of aliphatic hydroxyl groups excluding tert-OH is 2. The highest BCUT2D eigenvalue weighted by molar-refractivity contribution is 8.76. The Balaban J connectivity index is 1.39. The summed E-state index contributed by atoms with van der Waals surface area (Å²) in [4.78, 5) is 137. The maximum absolute atomic E-state index is 13.5. The van der Waals surface area contributed by atoms with Crippen LogP contribution < -0.4 is 42.5 Å². The Morgan fingerprint density at radius 1 is 0.458 bits per heavy atom. The topological polar surface area (TPSA) is 374 Å². The summed E-state index contributed by atoms with van der Waals surface area (Å²) in [6.07, 6.45) is 3.21. The molecule has 0 unspecified atom stereocenters. The lowest BCUT2D eigenvalue weighted by atomic mass is 10.2. The van der Waals surface area contributed by atoms with E-state index in [0.29, 0.717) is 11.0 Å². The van der Waals surface area contributed by atoms with Gasteiger partial charge in [-0.25, -0.2) is 19.6 Å². The minimum atomic E-state index is -1.52. The van der Waals surface area contributed by atoms with Gasteiger partial charge in [-0.1, -0.05) is 70.1 Å². The fourth-order valence-corrected chi connectivity index (χ4v) is 9.58. The number of aromatic nitrogens is 2. The lowest BCUT2D eigenvalue weighted by Crippen LogP contribution is -2.56. The number of carbonyl (C=O) groups excluding carboxylic acids is 8. The van der Waals surface area contributed by atoms with Crippen molar-refractivity contribution in [1.82, 2.24) is 52.5 Å². The van der Waals surface area contributed by atoms with Gasteiger partial charge in [0.15, 0.2) is 0 Å². The number of hydrogen-bond donors (Lipinski definition) is 12. The Labute approximate surface area is 427 Å². The van der Waals surface area contributed by atoms with E-state index < -0.39 is 122 Å². The molecule has 0 fully saturated rings. The zero-order valence-corrected chi connectivity index (χ0v) is 41.7. The van der Waals surface area contributed by atoms with Gasteiger partial charge in [0, 0.05) is 33.8 Å². The smallest absolute Gasteiger partial charge is 0.327 e. The molecule has 386 valence electrons. The van der Waals surface area contributed by atoms with E-state index in [1.54, 1.807) is 73.2 Å². The number of aliphatic carboxylic acids is 2. The van der Waals surface area contributed by atoms with Crippen LogP contribution in [0.2, 0.25) is 0 Å². The van der Waals surface area contributed by atoms with E-state index >= 15 is 0 Å². The average Bonchev–Trinajstić information content (AvgIpc) is 3.37. The molecule has 72 heavy (non-hydrogen) atoms. The monoisotopic (exact) mass is 1070 g/mol. The van der Waals surface area contributed by atoms with Gasteiger partial charge in [0.25, 0.3) is 11.8 Å². The molecule has 6 atom stereocenters. The number of nitrogens with zero attached hydrogens (tertiary/aromatic N) is 2. The van der Waals surface area contributed by atoms with Gasteiger partial charge in [-0.2, -0.15) is 23.5 Å². The first-order chi connectivity index (χ1) is 34.5. The van der Waals surface area contributed by atoms with Crippen molar-refractivity contribution in [2.45, 2.75) is 36.3 Å². The van der Waals surface area contributed by atoms with Gasteiger partial charge in [0.05, 0.1) is 37.3 Å². The molecule has 28 heteroatoms. The first-order valence-electron chi connectivity index (χ1n) is 21.5. The normalized spacial score (nSPS) is 13.4. The van der Waals surface area contributed by atoms with E-state index in [1.165, 1.54) is 12.1 Å². The SMILES string of the molecule is CSC[C@@H](NC(=O)[C@@H](CSSC[C@@H](NC(=O)CNC(=O)[C@H](CO)NC(=O)c1ccc2ccccc2n1)C(=O)N[C@H](CSC)C(=O)O)NC(=O)CNC(=O)[C@H](CO)NC(=O)c1ccc2ccccc2n1)C(=O)O. The van der Waals surface area contributed by atoms with Crippen LogP contribution in [-0.4, -0.2) is 188 Å². The Kier molecular flexibility index (Phi) is 23.8. The van der Waals surface area contributed by atoms with Crippen molar-refractivity contribution in [3.63, 3.8) is 0 Å². The molecule has 0 bridgehead atoms. The van der Waals surface area contributed by atoms with Crippen LogP contribution >= 0.6 is 45.1 Å². The van der Waals surface area contributed by atoms with Crippen LogP contribution in [-0.2, 0) is 38.4 Å². The molecule has 4 rings (SSSR count). The van der Waals surface area contributed by atoms with Gasteiger partial charge in [0.2, 0.25) is 35.4 Å². The fourth-order valence-electron chi connectivity index (χ4n) is 6.13. The molecule has 0 saturated heterocycles. The van der Waals surface area contributed by atoms with E-state index in [4.69, 9.17) is 0 Å². The lowest BCUT2D eigenvalue weighted by Gasteiger charge is -2.23. The minimum absolute atomic E-state index is 0.0477. The molecule has 0 aliphatic carbocycles. The van der Waals surface area contributed by atoms with Crippen LogP contribution in [0.3, 0.4) is 0 Å². The molecular weight excluding hydrogens is 1020 g/mol. The number of carbonyl (C=O) groups is 10. The zero-order chi connectivity index (χ0) is 52.7. The largest absolute Gasteiger partial charge is 0.480 e. The Bertz CT molecular complexity index is 2440. The van der Waals surface area contributed by atoms with E-state index in [1.807, 2.05) is 0 Å². The third kappa shape index (κ3) is 18.2. The number of amides is 8. The summed E-state index contributed by atoms with van der Waals surface area (Å²) < 4.78 is 0. The molecule has 0 radical (unpaired) electrons. The molecule has 8 amide bonds. The number of nitrogens with one attached hydrogen (secondary N) is 8. The summed E-state index contributed by atoms with van der Waals surface area (Å²) >= 11 is 2.23. The average molecular weight is 1070 g/mol. The molecule has 24 nitrogen and oxygen atoms in total. The van der Waals surface area contributed by atoms with Gasteiger partial charge in [-0.05, 0) is 36.8 Å². The number of rotatable bonds is 29. The van der Waals surface area contributed by atoms with Crippen LogP contribution in [0.4, 0.5) is 0 Å². The van der Waals surface area contributed by atoms with Crippen LogP contribution in [0.5, 0.6) is 0 Å². The van der Waals surface area contributed by atoms with Crippen molar-refractivity contribution >= 4 is 126 Å². The summed E-state index contributed by atoms with van der Waals surface area (Å²) in [5.41, 5.74) is 0.916. The number of thioether (sulfide) groups is 2. The maximum Gasteiger partial charge on any atom is 0.327 e.